The summed E-state index contributed by atoms with van der Waals surface area (Å²) in [6.07, 6.45) is -1.09. The van der Waals surface area contributed by atoms with E-state index in [0.29, 0.717) is 12.5 Å². The highest BCUT2D eigenvalue weighted by Crippen LogP contribution is 2.13. The lowest BCUT2D eigenvalue weighted by Crippen LogP contribution is -2.39. The number of aliphatic hydroxyl groups excluding tert-OH is 2. The third kappa shape index (κ3) is 8.80. The summed E-state index contributed by atoms with van der Waals surface area (Å²) < 4.78 is 12.2. The van der Waals surface area contributed by atoms with Gasteiger partial charge in [0.25, 0.3) is 0 Å². The third-order valence-electron chi connectivity index (χ3n) is 2.90. The molecular formula is C13H29FN2O2. The molecule has 0 aliphatic carbocycles. The number of piperidine rings is 1. The molecule has 0 aromatic rings. The van der Waals surface area contributed by atoms with Gasteiger partial charge in [0.15, 0.2) is 0 Å². The van der Waals surface area contributed by atoms with Crippen molar-refractivity contribution in [1.82, 2.24) is 9.80 Å². The molecule has 2 N–H and O–H groups in total. The minimum Gasteiger partial charge on any atom is -0.392 e. The molecule has 0 saturated carbocycles. The maximum absolute atomic E-state index is 12.2. The topological polar surface area (TPSA) is 46.9 Å². The maximum atomic E-state index is 12.2. The molecule has 0 bridgehead atoms. The lowest BCUT2D eigenvalue weighted by Gasteiger charge is -2.30. The Labute approximate surface area is 110 Å². The van der Waals surface area contributed by atoms with Gasteiger partial charge in [0.05, 0.1) is 12.2 Å². The highest BCUT2D eigenvalue weighted by molar-refractivity contribution is 4.73. The molecule has 4 nitrogen and oxygen atoms in total. The first-order chi connectivity index (χ1) is 8.22. The van der Waals surface area contributed by atoms with Crippen molar-refractivity contribution in [2.24, 2.45) is 5.92 Å². The summed E-state index contributed by atoms with van der Waals surface area (Å²) in [5.41, 5.74) is 0. The molecule has 0 amide bonds. The monoisotopic (exact) mass is 264 g/mol. The van der Waals surface area contributed by atoms with Gasteiger partial charge in [0.1, 0.15) is 6.17 Å². The molecule has 1 fully saturated rings. The Balaban J connectivity index is 0.000000321. The molecule has 0 radical (unpaired) electrons. The second kappa shape index (κ2) is 8.80. The summed E-state index contributed by atoms with van der Waals surface area (Å²) in [7, 11) is 5.65. The number of likely N-dealkylation sites (tertiary alicyclic amines) is 1. The van der Waals surface area contributed by atoms with Gasteiger partial charge in [-0.3, -0.25) is 0 Å². The van der Waals surface area contributed by atoms with Gasteiger partial charge < -0.3 is 20.0 Å². The van der Waals surface area contributed by atoms with Crippen molar-refractivity contribution in [3.05, 3.63) is 0 Å². The predicted molar refractivity (Wildman–Crippen MR) is 72.4 cm³/mol. The molecule has 5 heteroatoms. The number of nitrogens with zero attached hydrogens (tertiary/aromatic N) is 2. The number of halogens is 1. The van der Waals surface area contributed by atoms with Gasteiger partial charge in [-0.1, -0.05) is 6.92 Å². The zero-order valence-corrected chi connectivity index (χ0v) is 12.3. The van der Waals surface area contributed by atoms with E-state index in [4.69, 9.17) is 5.11 Å². The molecular weight excluding hydrogens is 235 g/mol. The Kier molecular flexibility index (Phi) is 8.69. The molecule has 0 spiro atoms. The Morgan fingerprint density at radius 3 is 2.22 bits per heavy atom. The second-order valence-corrected chi connectivity index (χ2v) is 5.72. The van der Waals surface area contributed by atoms with Crippen LogP contribution in [0.25, 0.3) is 0 Å². The fraction of sp³-hybridized carbons (Fsp3) is 1.00. The van der Waals surface area contributed by atoms with Crippen LogP contribution in [-0.4, -0.2) is 79.2 Å². The lowest BCUT2D eigenvalue weighted by molar-refractivity contribution is 0.0582. The summed E-state index contributed by atoms with van der Waals surface area (Å²) in [4.78, 5) is 3.93. The van der Waals surface area contributed by atoms with Gasteiger partial charge in [0, 0.05) is 19.6 Å². The van der Waals surface area contributed by atoms with Crippen LogP contribution in [0.15, 0.2) is 0 Å². The third-order valence-corrected chi connectivity index (χ3v) is 2.90. The zero-order chi connectivity index (χ0) is 14.3. The minimum atomic E-state index is -1.13. The first kappa shape index (κ1) is 17.8. The average molecular weight is 264 g/mol. The highest BCUT2D eigenvalue weighted by Gasteiger charge is 2.19. The minimum absolute atomic E-state index is 0.0845. The average Bonchev–Trinajstić information content (AvgIpc) is 2.14. The lowest BCUT2D eigenvalue weighted by atomic mass is 9.99. The zero-order valence-electron chi connectivity index (χ0n) is 12.3. The van der Waals surface area contributed by atoms with Crippen molar-refractivity contribution in [2.75, 3.05) is 40.8 Å². The molecule has 1 aliphatic heterocycles. The van der Waals surface area contributed by atoms with Crippen LogP contribution in [0.4, 0.5) is 4.39 Å². The number of β-amino-alcohol motifs (C(OH)–C–C–N with tert-alkyl or cyclic N) is 1. The highest BCUT2D eigenvalue weighted by atomic mass is 19.1. The quantitative estimate of drug-likeness (QED) is 0.783. The van der Waals surface area contributed by atoms with Gasteiger partial charge in [-0.05, 0) is 40.4 Å². The van der Waals surface area contributed by atoms with Gasteiger partial charge in [-0.25, -0.2) is 4.39 Å². The largest absolute Gasteiger partial charge is 0.392 e. The van der Waals surface area contributed by atoms with Crippen LogP contribution in [0.1, 0.15) is 20.3 Å². The number of alkyl halides is 1. The normalized spacial score (nSPS) is 28.5. The fourth-order valence-corrected chi connectivity index (χ4v) is 2.10. The van der Waals surface area contributed by atoms with E-state index < -0.39 is 12.3 Å². The standard InChI is InChI=1S/C7H15NO.C6H14FNO/c1-6-3-7(9)5-8(2)4-6;1-5(7)6(9)4-8(2)3/h6-7,9H,3-5H2,1-2H3;5-6,9H,4H2,1-3H3. The number of rotatable bonds is 3. The molecule has 0 aromatic carbocycles. The van der Waals surface area contributed by atoms with Crippen LogP contribution in [0.2, 0.25) is 0 Å². The molecule has 4 unspecified atom stereocenters. The van der Waals surface area contributed by atoms with Crippen LogP contribution in [0.5, 0.6) is 0 Å². The van der Waals surface area contributed by atoms with E-state index in [9.17, 15) is 9.50 Å². The smallest absolute Gasteiger partial charge is 0.124 e. The van der Waals surface area contributed by atoms with E-state index in [1.807, 2.05) is 0 Å². The van der Waals surface area contributed by atoms with E-state index in [0.717, 1.165) is 19.5 Å². The first-order valence-electron chi connectivity index (χ1n) is 6.55. The SMILES string of the molecule is CC(F)C(O)CN(C)C.CC1CC(O)CN(C)C1. The van der Waals surface area contributed by atoms with Crippen LogP contribution in [-0.2, 0) is 0 Å². The van der Waals surface area contributed by atoms with Crippen molar-refractivity contribution in [1.29, 1.82) is 0 Å². The number of hydrogen-bond donors (Lipinski definition) is 2. The summed E-state index contributed by atoms with van der Waals surface area (Å²) >= 11 is 0. The second-order valence-electron chi connectivity index (χ2n) is 5.72. The first-order valence-corrected chi connectivity index (χ1v) is 6.55. The number of hydrogen-bond acceptors (Lipinski definition) is 4. The molecule has 1 aliphatic rings. The van der Waals surface area contributed by atoms with E-state index in [2.05, 4.69) is 18.9 Å². The van der Waals surface area contributed by atoms with Crippen molar-refractivity contribution in [3.63, 3.8) is 0 Å². The van der Waals surface area contributed by atoms with Gasteiger partial charge in [-0.15, -0.1) is 0 Å². The van der Waals surface area contributed by atoms with Gasteiger partial charge in [0.2, 0.25) is 0 Å². The molecule has 1 rings (SSSR count). The Morgan fingerprint density at radius 2 is 1.94 bits per heavy atom. The summed E-state index contributed by atoms with van der Waals surface area (Å²) in [5, 5.41) is 18.1. The van der Waals surface area contributed by atoms with Crippen molar-refractivity contribution < 1.29 is 14.6 Å². The molecule has 1 saturated heterocycles. The number of likely N-dealkylation sites (N-methyl/N-ethyl adjacent to an activating group) is 2. The van der Waals surface area contributed by atoms with Gasteiger partial charge >= 0.3 is 0 Å². The molecule has 1 heterocycles. The van der Waals surface area contributed by atoms with Crippen molar-refractivity contribution in [2.45, 2.75) is 38.6 Å². The molecule has 0 aromatic heterocycles. The van der Waals surface area contributed by atoms with Gasteiger partial charge in [-0.2, -0.15) is 0 Å². The Morgan fingerprint density at radius 1 is 1.39 bits per heavy atom. The molecule has 18 heavy (non-hydrogen) atoms. The van der Waals surface area contributed by atoms with Crippen molar-refractivity contribution in [3.8, 4) is 0 Å². The van der Waals surface area contributed by atoms with Crippen LogP contribution >= 0.6 is 0 Å². The van der Waals surface area contributed by atoms with Crippen LogP contribution in [0.3, 0.4) is 0 Å². The fourth-order valence-electron chi connectivity index (χ4n) is 2.10. The molecule has 110 valence electrons. The maximum Gasteiger partial charge on any atom is 0.124 e. The van der Waals surface area contributed by atoms with E-state index in [1.165, 1.54) is 6.92 Å². The van der Waals surface area contributed by atoms with E-state index in [-0.39, 0.29) is 6.10 Å². The Hall–Kier alpha value is -0.230. The Bertz CT molecular complexity index is 190. The van der Waals surface area contributed by atoms with Crippen LogP contribution < -0.4 is 0 Å². The predicted octanol–water partition coefficient (Wildman–Crippen LogP) is 0.586. The summed E-state index contributed by atoms with van der Waals surface area (Å²) in [5.74, 6) is 0.666. The molecule has 4 atom stereocenters. The number of aliphatic hydroxyl groups is 2. The van der Waals surface area contributed by atoms with Crippen LogP contribution in [0, 0.1) is 5.92 Å². The van der Waals surface area contributed by atoms with E-state index in [1.54, 1.807) is 19.0 Å². The summed E-state index contributed by atoms with van der Waals surface area (Å²) in [6, 6.07) is 0. The van der Waals surface area contributed by atoms with Crippen molar-refractivity contribution >= 4 is 0 Å². The summed E-state index contributed by atoms with van der Waals surface area (Å²) in [6.45, 7) is 5.91. The van der Waals surface area contributed by atoms with E-state index >= 15 is 0 Å².